The summed E-state index contributed by atoms with van der Waals surface area (Å²) in [5.74, 6) is 0. The van der Waals surface area contributed by atoms with Crippen LogP contribution in [0.15, 0.2) is 29.6 Å². The van der Waals surface area contributed by atoms with Gasteiger partial charge in [0.25, 0.3) is 0 Å². The summed E-state index contributed by atoms with van der Waals surface area (Å²) >= 11 is 1.73. The summed E-state index contributed by atoms with van der Waals surface area (Å²) in [4.78, 5) is 5.98. The van der Waals surface area contributed by atoms with Crippen molar-refractivity contribution in [3.05, 3.63) is 46.6 Å². The molecule has 0 N–H and O–H groups in total. The molecule has 0 fully saturated rings. The smallest absolute Gasteiger partial charge is 0.194 e. The minimum Gasteiger partial charge on any atom is -0.291 e. The average molecular weight is 268 g/mol. The lowest BCUT2D eigenvalue weighted by Crippen LogP contribution is -2.26. The SMILES string of the molecule is Cc1csc2nc3c(n12)CC(C)(C)c1ccccc1-3. The largest absolute Gasteiger partial charge is 0.291 e. The monoisotopic (exact) mass is 268 g/mol. The van der Waals surface area contributed by atoms with Gasteiger partial charge in [-0.2, -0.15) is 0 Å². The topological polar surface area (TPSA) is 17.3 Å². The molecule has 1 aliphatic rings. The molecule has 0 bridgehead atoms. The highest BCUT2D eigenvalue weighted by atomic mass is 32.1. The van der Waals surface area contributed by atoms with E-state index in [0.717, 1.165) is 11.4 Å². The van der Waals surface area contributed by atoms with E-state index < -0.39 is 0 Å². The number of aromatic nitrogens is 2. The van der Waals surface area contributed by atoms with Crippen LogP contribution in [0.1, 0.15) is 30.8 Å². The molecular weight excluding hydrogens is 252 g/mol. The van der Waals surface area contributed by atoms with Crippen molar-refractivity contribution in [2.24, 2.45) is 0 Å². The highest BCUT2D eigenvalue weighted by Gasteiger charge is 2.34. The lowest BCUT2D eigenvalue weighted by Gasteiger charge is -2.32. The fourth-order valence-corrected chi connectivity index (χ4v) is 4.12. The highest BCUT2D eigenvalue weighted by Crippen LogP contribution is 2.43. The van der Waals surface area contributed by atoms with Crippen LogP contribution in [0, 0.1) is 6.92 Å². The Balaban J connectivity index is 2.13. The Morgan fingerprint density at radius 3 is 2.89 bits per heavy atom. The normalized spacial score (nSPS) is 16.4. The van der Waals surface area contributed by atoms with Gasteiger partial charge in [0.1, 0.15) is 0 Å². The fourth-order valence-electron chi connectivity index (χ4n) is 3.24. The molecule has 0 spiro atoms. The first-order chi connectivity index (χ1) is 9.08. The Labute approximate surface area is 116 Å². The summed E-state index contributed by atoms with van der Waals surface area (Å²) in [5.41, 5.74) is 6.76. The highest BCUT2D eigenvalue weighted by molar-refractivity contribution is 7.15. The first kappa shape index (κ1) is 11.2. The lowest BCUT2D eigenvalue weighted by molar-refractivity contribution is 0.507. The number of nitrogens with zero attached hydrogens (tertiary/aromatic N) is 2. The van der Waals surface area contributed by atoms with Crippen LogP contribution in [0.2, 0.25) is 0 Å². The Kier molecular flexibility index (Phi) is 2.06. The predicted octanol–water partition coefficient (Wildman–Crippen LogP) is 4.20. The molecule has 1 aliphatic carbocycles. The molecule has 0 amide bonds. The molecule has 2 nitrogen and oxygen atoms in total. The van der Waals surface area contributed by atoms with Gasteiger partial charge in [-0.15, -0.1) is 11.3 Å². The molecular formula is C16H16N2S. The van der Waals surface area contributed by atoms with Gasteiger partial charge >= 0.3 is 0 Å². The van der Waals surface area contributed by atoms with Crippen molar-refractivity contribution < 1.29 is 0 Å². The number of hydrogen-bond acceptors (Lipinski definition) is 2. The van der Waals surface area contributed by atoms with Crippen molar-refractivity contribution in [3.63, 3.8) is 0 Å². The summed E-state index contributed by atoms with van der Waals surface area (Å²) in [6.07, 6.45) is 1.05. The Morgan fingerprint density at radius 1 is 1.26 bits per heavy atom. The first-order valence-electron chi connectivity index (χ1n) is 6.63. The average Bonchev–Trinajstić information content (AvgIpc) is 2.91. The summed E-state index contributed by atoms with van der Waals surface area (Å²) in [6.45, 7) is 6.82. The van der Waals surface area contributed by atoms with Crippen molar-refractivity contribution in [1.29, 1.82) is 0 Å². The van der Waals surface area contributed by atoms with Gasteiger partial charge in [0.05, 0.1) is 11.4 Å². The quantitative estimate of drug-likeness (QED) is 0.597. The van der Waals surface area contributed by atoms with Crippen molar-refractivity contribution in [2.45, 2.75) is 32.6 Å². The third-order valence-electron chi connectivity index (χ3n) is 4.15. The van der Waals surface area contributed by atoms with E-state index in [4.69, 9.17) is 4.98 Å². The molecule has 4 rings (SSSR count). The number of imidazole rings is 1. The summed E-state index contributed by atoms with van der Waals surface area (Å²) < 4.78 is 2.33. The summed E-state index contributed by atoms with van der Waals surface area (Å²) in [5, 5.41) is 2.19. The van der Waals surface area contributed by atoms with E-state index in [0.29, 0.717) is 0 Å². The number of benzene rings is 1. The zero-order chi connectivity index (χ0) is 13.2. The van der Waals surface area contributed by atoms with Crippen LogP contribution in [0.5, 0.6) is 0 Å². The molecule has 0 saturated carbocycles. The molecule has 3 aromatic rings. The van der Waals surface area contributed by atoms with Gasteiger partial charge in [-0.3, -0.25) is 4.40 Å². The van der Waals surface area contributed by atoms with Gasteiger partial charge in [-0.1, -0.05) is 38.1 Å². The summed E-state index contributed by atoms with van der Waals surface area (Å²) in [7, 11) is 0. The Morgan fingerprint density at radius 2 is 2.05 bits per heavy atom. The van der Waals surface area contributed by atoms with E-state index >= 15 is 0 Å². The van der Waals surface area contributed by atoms with Crippen LogP contribution in [-0.2, 0) is 11.8 Å². The van der Waals surface area contributed by atoms with Crippen LogP contribution >= 0.6 is 11.3 Å². The maximum absolute atomic E-state index is 4.86. The van der Waals surface area contributed by atoms with Crippen LogP contribution < -0.4 is 0 Å². The minimum atomic E-state index is 0.175. The van der Waals surface area contributed by atoms with Gasteiger partial charge in [0, 0.05) is 16.6 Å². The van der Waals surface area contributed by atoms with Gasteiger partial charge in [-0.05, 0) is 24.3 Å². The van der Waals surface area contributed by atoms with Crippen molar-refractivity contribution in [1.82, 2.24) is 9.38 Å². The second-order valence-corrected chi connectivity index (χ2v) is 6.84. The number of fused-ring (bicyclic) bond motifs is 5. The molecule has 0 saturated heterocycles. The molecule has 96 valence electrons. The number of thiazole rings is 1. The van der Waals surface area contributed by atoms with E-state index in [1.54, 1.807) is 11.3 Å². The molecule has 1 aromatic carbocycles. The minimum absolute atomic E-state index is 0.175. The maximum Gasteiger partial charge on any atom is 0.194 e. The van der Waals surface area contributed by atoms with E-state index in [1.807, 2.05) is 0 Å². The third-order valence-corrected chi connectivity index (χ3v) is 5.09. The summed E-state index contributed by atoms with van der Waals surface area (Å²) in [6, 6.07) is 8.71. The zero-order valence-corrected chi connectivity index (χ0v) is 12.2. The lowest BCUT2D eigenvalue weighted by atomic mass is 9.73. The molecule has 0 aliphatic heterocycles. The molecule has 0 unspecified atom stereocenters. The molecule has 3 heteroatoms. The molecule has 0 atom stereocenters. The van der Waals surface area contributed by atoms with Crippen molar-refractivity contribution in [2.75, 3.05) is 0 Å². The Bertz CT molecular complexity index is 792. The fraction of sp³-hybridized carbons (Fsp3) is 0.312. The number of aryl methyl sites for hydroxylation is 1. The van der Waals surface area contributed by atoms with Crippen LogP contribution in [-0.4, -0.2) is 9.38 Å². The van der Waals surface area contributed by atoms with E-state index in [-0.39, 0.29) is 5.41 Å². The second-order valence-electron chi connectivity index (χ2n) is 6.01. The van der Waals surface area contributed by atoms with Gasteiger partial charge in [0.2, 0.25) is 0 Å². The van der Waals surface area contributed by atoms with E-state index in [9.17, 15) is 0 Å². The van der Waals surface area contributed by atoms with Crippen LogP contribution in [0.3, 0.4) is 0 Å². The van der Waals surface area contributed by atoms with E-state index in [2.05, 4.69) is 54.8 Å². The van der Waals surface area contributed by atoms with Crippen molar-refractivity contribution >= 4 is 16.3 Å². The third kappa shape index (κ3) is 1.39. The van der Waals surface area contributed by atoms with E-state index in [1.165, 1.54) is 28.2 Å². The molecule has 2 aromatic heterocycles. The first-order valence-corrected chi connectivity index (χ1v) is 7.51. The molecule has 2 heterocycles. The van der Waals surface area contributed by atoms with Gasteiger partial charge < -0.3 is 0 Å². The maximum atomic E-state index is 4.86. The number of hydrogen-bond donors (Lipinski definition) is 0. The Hall–Kier alpha value is -1.61. The molecule has 19 heavy (non-hydrogen) atoms. The van der Waals surface area contributed by atoms with Gasteiger partial charge in [-0.25, -0.2) is 4.98 Å². The predicted molar refractivity (Wildman–Crippen MR) is 80.0 cm³/mol. The van der Waals surface area contributed by atoms with Crippen LogP contribution in [0.25, 0.3) is 16.2 Å². The zero-order valence-electron chi connectivity index (χ0n) is 11.4. The van der Waals surface area contributed by atoms with Gasteiger partial charge in [0.15, 0.2) is 4.96 Å². The van der Waals surface area contributed by atoms with Crippen molar-refractivity contribution in [3.8, 4) is 11.3 Å². The number of rotatable bonds is 0. The van der Waals surface area contributed by atoms with Crippen LogP contribution in [0.4, 0.5) is 0 Å². The standard InChI is InChI=1S/C16H16N2S/c1-10-9-19-15-17-14-11-6-4-5-7-12(11)16(2,3)8-13(14)18(10)15/h4-7,9H,8H2,1-3H3. The second kappa shape index (κ2) is 3.48. The molecule has 0 radical (unpaired) electrons.